The maximum atomic E-state index is 4.68. The van der Waals surface area contributed by atoms with Gasteiger partial charge in [0.25, 0.3) is 0 Å². The molecule has 5 heterocycles. The van der Waals surface area contributed by atoms with Crippen molar-refractivity contribution in [2.75, 3.05) is 36.0 Å². The molecule has 1 aliphatic rings. The zero-order valence-electron chi connectivity index (χ0n) is 16.8. The molecule has 0 bridgehead atoms. The van der Waals surface area contributed by atoms with Gasteiger partial charge in [-0.3, -0.25) is 0 Å². The van der Waals surface area contributed by atoms with Crippen molar-refractivity contribution in [3.8, 4) is 5.82 Å². The number of rotatable bonds is 3. The Kier molecular flexibility index (Phi) is 4.15. The Labute approximate surface area is 168 Å². The predicted molar refractivity (Wildman–Crippen MR) is 111 cm³/mol. The smallest absolute Gasteiger partial charge is 0.159 e. The van der Waals surface area contributed by atoms with Crippen LogP contribution in [0.3, 0.4) is 0 Å². The molecule has 9 heteroatoms. The van der Waals surface area contributed by atoms with Crippen LogP contribution in [0.4, 0.5) is 11.6 Å². The lowest BCUT2D eigenvalue weighted by Gasteiger charge is -2.36. The second-order valence-corrected chi connectivity index (χ2v) is 7.36. The van der Waals surface area contributed by atoms with E-state index in [9.17, 15) is 0 Å². The Bertz CT molecular complexity index is 1170. The third-order valence-corrected chi connectivity index (χ3v) is 5.24. The lowest BCUT2D eigenvalue weighted by Crippen LogP contribution is -2.47. The molecule has 0 amide bonds. The topological polar surface area (TPSA) is 80.3 Å². The number of aryl methyl sites for hydroxylation is 3. The summed E-state index contributed by atoms with van der Waals surface area (Å²) in [4.78, 5) is 18.5. The Hall–Kier alpha value is -3.49. The molecule has 0 unspecified atom stereocenters. The predicted octanol–water partition coefficient (Wildman–Crippen LogP) is 1.96. The second kappa shape index (κ2) is 6.84. The van der Waals surface area contributed by atoms with Crippen LogP contribution >= 0.6 is 0 Å². The fourth-order valence-corrected chi connectivity index (χ4v) is 3.90. The summed E-state index contributed by atoms with van der Waals surface area (Å²) >= 11 is 0. The van der Waals surface area contributed by atoms with E-state index in [2.05, 4.69) is 41.0 Å². The fraction of sp³-hybridized carbons (Fsp3) is 0.350. The molecular weight excluding hydrogens is 366 g/mol. The zero-order chi connectivity index (χ0) is 20.0. The van der Waals surface area contributed by atoms with Crippen molar-refractivity contribution in [2.24, 2.45) is 0 Å². The minimum atomic E-state index is 0.748. The minimum absolute atomic E-state index is 0.748. The van der Waals surface area contributed by atoms with Gasteiger partial charge in [-0.25, -0.2) is 24.1 Å². The van der Waals surface area contributed by atoms with E-state index in [1.54, 1.807) is 12.4 Å². The molecule has 5 rings (SSSR count). The normalized spacial score (nSPS) is 14.7. The minimum Gasteiger partial charge on any atom is -0.353 e. The Morgan fingerprint density at radius 1 is 0.862 bits per heavy atom. The van der Waals surface area contributed by atoms with E-state index in [1.807, 2.05) is 48.3 Å². The number of aromatic nitrogens is 7. The van der Waals surface area contributed by atoms with Gasteiger partial charge in [-0.1, -0.05) is 0 Å². The van der Waals surface area contributed by atoms with Gasteiger partial charge in [0.2, 0.25) is 0 Å². The van der Waals surface area contributed by atoms with Gasteiger partial charge >= 0.3 is 0 Å². The highest BCUT2D eigenvalue weighted by atomic mass is 15.3. The van der Waals surface area contributed by atoms with E-state index in [1.165, 1.54) is 0 Å². The molecule has 0 aliphatic carbocycles. The van der Waals surface area contributed by atoms with E-state index in [0.29, 0.717) is 0 Å². The van der Waals surface area contributed by atoms with Gasteiger partial charge in [0, 0.05) is 50.3 Å². The third kappa shape index (κ3) is 3.18. The molecular formula is C20H23N9. The standard InChI is InChI=1S/C20H23N9/c1-14-12-15(2)29(25-14)19-13-18(23-16(3)24-19)26-8-10-27(11-9-26)20-17-4-5-22-28(17)7-6-21-20/h4-7,12-13H,8-11H2,1-3H3. The number of hydrogen-bond acceptors (Lipinski definition) is 7. The van der Waals surface area contributed by atoms with Crippen LogP contribution in [0.15, 0.2) is 36.8 Å². The molecule has 1 saturated heterocycles. The monoisotopic (exact) mass is 389 g/mol. The van der Waals surface area contributed by atoms with Crippen LogP contribution < -0.4 is 9.80 Å². The first kappa shape index (κ1) is 17.6. The van der Waals surface area contributed by atoms with Crippen LogP contribution in [-0.2, 0) is 0 Å². The average molecular weight is 389 g/mol. The molecule has 0 N–H and O–H groups in total. The molecule has 4 aromatic rings. The lowest BCUT2D eigenvalue weighted by atomic mass is 10.3. The molecule has 4 aromatic heterocycles. The largest absolute Gasteiger partial charge is 0.353 e. The summed E-state index contributed by atoms with van der Waals surface area (Å²) < 4.78 is 3.75. The highest BCUT2D eigenvalue weighted by molar-refractivity contribution is 5.68. The van der Waals surface area contributed by atoms with E-state index in [0.717, 1.165) is 66.4 Å². The highest BCUT2D eigenvalue weighted by Gasteiger charge is 2.22. The number of hydrogen-bond donors (Lipinski definition) is 0. The highest BCUT2D eigenvalue weighted by Crippen LogP contribution is 2.23. The van der Waals surface area contributed by atoms with Crippen LogP contribution in [0.5, 0.6) is 0 Å². The van der Waals surface area contributed by atoms with Crippen LogP contribution in [0.25, 0.3) is 11.3 Å². The SMILES string of the molecule is Cc1cc(C)n(-c2cc(N3CCN(c4nccn5nccc45)CC3)nc(C)n2)n1. The van der Waals surface area contributed by atoms with E-state index >= 15 is 0 Å². The summed E-state index contributed by atoms with van der Waals surface area (Å²) in [5.74, 6) is 3.48. The summed E-state index contributed by atoms with van der Waals surface area (Å²) in [5.41, 5.74) is 3.08. The summed E-state index contributed by atoms with van der Waals surface area (Å²) in [7, 11) is 0. The van der Waals surface area contributed by atoms with Gasteiger partial charge in [-0.05, 0) is 32.9 Å². The molecule has 148 valence electrons. The van der Waals surface area contributed by atoms with Crippen molar-refractivity contribution in [1.29, 1.82) is 0 Å². The van der Waals surface area contributed by atoms with Crippen molar-refractivity contribution in [2.45, 2.75) is 20.8 Å². The van der Waals surface area contributed by atoms with Gasteiger partial charge in [0.15, 0.2) is 11.6 Å². The molecule has 0 radical (unpaired) electrons. The fourth-order valence-electron chi connectivity index (χ4n) is 3.90. The molecule has 0 saturated carbocycles. The van der Waals surface area contributed by atoms with Gasteiger partial charge in [0.1, 0.15) is 17.2 Å². The Balaban J connectivity index is 1.38. The van der Waals surface area contributed by atoms with Crippen molar-refractivity contribution in [3.05, 3.63) is 54.0 Å². The maximum absolute atomic E-state index is 4.68. The molecule has 1 aliphatic heterocycles. The van der Waals surface area contributed by atoms with E-state index < -0.39 is 0 Å². The van der Waals surface area contributed by atoms with Crippen molar-refractivity contribution < 1.29 is 0 Å². The quantitative estimate of drug-likeness (QED) is 0.530. The second-order valence-electron chi connectivity index (χ2n) is 7.36. The first-order chi connectivity index (χ1) is 14.1. The van der Waals surface area contributed by atoms with E-state index in [4.69, 9.17) is 0 Å². The average Bonchev–Trinajstić information content (AvgIpc) is 3.33. The number of piperazine rings is 1. The summed E-state index contributed by atoms with van der Waals surface area (Å²) in [5, 5.41) is 8.87. The van der Waals surface area contributed by atoms with Crippen LogP contribution in [0.2, 0.25) is 0 Å². The summed E-state index contributed by atoms with van der Waals surface area (Å²) in [6, 6.07) is 6.08. The maximum Gasteiger partial charge on any atom is 0.159 e. The van der Waals surface area contributed by atoms with Gasteiger partial charge < -0.3 is 9.80 Å². The van der Waals surface area contributed by atoms with Gasteiger partial charge in [-0.2, -0.15) is 10.2 Å². The Morgan fingerprint density at radius 2 is 1.62 bits per heavy atom. The molecule has 0 spiro atoms. The summed E-state index contributed by atoms with van der Waals surface area (Å²) in [6.07, 6.45) is 5.48. The van der Waals surface area contributed by atoms with Crippen LogP contribution in [0, 0.1) is 20.8 Å². The zero-order valence-corrected chi connectivity index (χ0v) is 16.8. The summed E-state index contributed by atoms with van der Waals surface area (Å²) in [6.45, 7) is 9.44. The lowest BCUT2D eigenvalue weighted by molar-refractivity contribution is 0.639. The first-order valence-electron chi connectivity index (χ1n) is 9.76. The van der Waals surface area contributed by atoms with Gasteiger partial charge in [-0.15, -0.1) is 0 Å². The third-order valence-electron chi connectivity index (χ3n) is 5.24. The molecule has 0 aromatic carbocycles. The molecule has 1 fully saturated rings. The van der Waals surface area contributed by atoms with Crippen molar-refractivity contribution >= 4 is 17.2 Å². The number of nitrogens with zero attached hydrogens (tertiary/aromatic N) is 9. The first-order valence-corrected chi connectivity index (χ1v) is 9.76. The molecule has 29 heavy (non-hydrogen) atoms. The van der Waals surface area contributed by atoms with Crippen molar-refractivity contribution in [3.63, 3.8) is 0 Å². The van der Waals surface area contributed by atoms with Crippen molar-refractivity contribution in [1.82, 2.24) is 34.3 Å². The Morgan fingerprint density at radius 3 is 2.38 bits per heavy atom. The molecule has 0 atom stereocenters. The number of anilines is 2. The van der Waals surface area contributed by atoms with Gasteiger partial charge in [0.05, 0.1) is 11.9 Å². The van der Waals surface area contributed by atoms with Crippen LogP contribution in [-0.4, -0.2) is 60.5 Å². The molecule has 9 nitrogen and oxygen atoms in total. The van der Waals surface area contributed by atoms with E-state index in [-0.39, 0.29) is 0 Å². The van der Waals surface area contributed by atoms with Crippen LogP contribution in [0.1, 0.15) is 17.2 Å². The number of fused-ring (bicyclic) bond motifs is 1.